The van der Waals surface area contributed by atoms with Crippen molar-refractivity contribution in [2.24, 2.45) is 11.8 Å². The van der Waals surface area contributed by atoms with Crippen LogP contribution < -0.4 is 0 Å². The minimum Gasteiger partial charge on any atom is -0.512 e. The number of ketones is 1. The molecule has 0 amide bonds. The van der Waals surface area contributed by atoms with Crippen molar-refractivity contribution in [3.8, 4) is 0 Å². The molecule has 1 aliphatic carbocycles. The van der Waals surface area contributed by atoms with Crippen LogP contribution in [0.5, 0.6) is 0 Å². The van der Waals surface area contributed by atoms with Gasteiger partial charge in [0.2, 0.25) is 0 Å². The predicted octanol–water partition coefficient (Wildman–Crippen LogP) is 1.67. The van der Waals surface area contributed by atoms with Crippen LogP contribution in [0.15, 0.2) is 11.3 Å². The lowest BCUT2D eigenvalue weighted by Crippen LogP contribution is -2.10. The zero-order valence-corrected chi connectivity index (χ0v) is 6.51. The van der Waals surface area contributed by atoms with Crippen LogP contribution >= 0.6 is 0 Å². The number of rotatable bonds is 0. The Labute approximate surface area is 60.6 Å². The summed E-state index contributed by atoms with van der Waals surface area (Å²) in [4.78, 5) is 11.1. The van der Waals surface area contributed by atoms with Crippen molar-refractivity contribution in [1.29, 1.82) is 0 Å². The van der Waals surface area contributed by atoms with Crippen LogP contribution in [0.1, 0.15) is 20.8 Å². The van der Waals surface area contributed by atoms with E-state index < -0.39 is 0 Å². The topological polar surface area (TPSA) is 37.3 Å². The molecule has 0 aliphatic heterocycles. The Morgan fingerprint density at radius 2 is 1.80 bits per heavy atom. The lowest BCUT2D eigenvalue weighted by atomic mass is 9.98. The predicted molar refractivity (Wildman–Crippen MR) is 38.7 cm³/mol. The van der Waals surface area contributed by atoms with Gasteiger partial charge in [-0.15, -0.1) is 0 Å². The number of aliphatic hydroxyl groups excluding tert-OH is 1. The van der Waals surface area contributed by atoms with Crippen LogP contribution in [0.3, 0.4) is 0 Å². The molecule has 0 spiro atoms. The molecule has 0 bridgehead atoms. The van der Waals surface area contributed by atoms with E-state index in [0.29, 0.717) is 5.57 Å². The van der Waals surface area contributed by atoms with Crippen LogP contribution in [-0.2, 0) is 4.79 Å². The molecule has 0 saturated heterocycles. The fraction of sp³-hybridized carbons (Fsp3) is 0.625. The van der Waals surface area contributed by atoms with Crippen molar-refractivity contribution in [3.05, 3.63) is 11.3 Å². The first-order valence-corrected chi connectivity index (χ1v) is 3.49. The average molecular weight is 140 g/mol. The first kappa shape index (κ1) is 7.32. The molecule has 10 heavy (non-hydrogen) atoms. The highest BCUT2D eigenvalue weighted by molar-refractivity contribution is 5.99. The standard InChI is InChI=1S/C8H12O2/c1-4-5(2)8(10)6(3)7(4)9/h4-5,9H,1-3H3. The third kappa shape index (κ3) is 0.753. The second-order valence-corrected chi connectivity index (χ2v) is 2.95. The lowest BCUT2D eigenvalue weighted by Gasteiger charge is -2.06. The molecule has 0 fully saturated rings. The van der Waals surface area contributed by atoms with E-state index in [1.807, 2.05) is 13.8 Å². The van der Waals surface area contributed by atoms with Gasteiger partial charge in [-0.3, -0.25) is 4.79 Å². The molecule has 1 rings (SSSR count). The van der Waals surface area contributed by atoms with Crippen molar-refractivity contribution >= 4 is 5.78 Å². The van der Waals surface area contributed by atoms with E-state index in [2.05, 4.69) is 0 Å². The Kier molecular flexibility index (Phi) is 1.55. The molecule has 0 saturated carbocycles. The fourth-order valence-corrected chi connectivity index (χ4v) is 1.27. The molecule has 0 radical (unpaired) electrons. The van der Waals surface area contributed by atoms with E-state index in [4.69, 9.17) is 0 Å². The summed E-state index contributed by atoms with van der Waals surface area (Å²) in [5.74, 6) is 0.356. The maximum Gasteiger partial charge on any atom is 0.165 e. The van der Waals surface area contributed by atoms with E-state index in [1.165, 1.54) is 0 Å². The van der Waals surface area contributed by atoms with Gasteiger partial charge in [-0.05, 0) is 6.92 Å². The highest BCUT2D eigenvalue weighted by Crippen LogP contribution is 2.31. The van der Waals surface area contributed by atoms with E-state index >= 15 is 0 Å². The Bertz CT molecular complexity index is 203. The number of hydrogen-bond acceptors (Lipinski definition) is 2. The average Bonchev–Trinajstić information content (AvgIpc) is 2.07. The van der Waals surface area contributed by atoms with Gasteiger partial charge >= 0.3 is 0 Å². The number of aliphatic hydroxyl groups is 1. The molecule has 0 aromatic heterocycles. The minimum absolute atomic E-state index is 0.0208. The maximum atomic E-state index is 11.1. The molecule has 2 nitrogen and oxygen atoms in total. The highest BCUT2D eigenvalue weighted by atomic mass is 16.3. The normalized spacial score (nSPS) is 33.7. The van der Waals surface area contributed by atoms with Gasteiger partial charge in [0.25, 0.3) is 0 Å². The van der Waals surface area contributed by atoms with E-state index in [-0.39, 0.29) is 23.4 Å². The zero-order chi connectivity index (χ0) is 7.89. The van der Waals surface area contributed by atoms with Gasteiger partial charge in [-0.1, -0.05) is 13.8 Å². The summed E-state index contributed by atoms with van der Waals surface area (Å²) in [6.45, 7) is 5.39. The summed E-state index contributed by atoms with van der Waals surface area (Å²) in [5, 5.41) is 9.27. The van der Waals surface area contributed by atoms with Crippen molar-refractivity contribution in [1.82, 2.24) is 0 Å². The maximum absolute atomic E-state index is 11.1. The molecule has 0 aromatic carbocycles. The number of allylic oxidation sites excluding steroid dienone is 2. The van der Waals surface area contributed by atoms with Gasteiger partial charge in [-0.2, -0.15) is 0 Å². The number of carbonyl (C=O) groups is 1. The van der Waals surface area contributed by atoms with E-state index in [1.54, 1.807) is 6.92 Å². The van der Waals surface area contributed by atoms with Gasteiger partial charge in [0.1, 0.15) is 5.76 Å². The fourth-order valence-electron chi connectivity index (χ4n) is 1.27. The summed E-state index contributed by atoms with van der Waals surface area (Å²) in [6, 6.07) is 0. The van der Waals surface area contributed by atoms with Crippen molar-refractivity contribution in [2.45, 2.75) is 20.8 Å². The minimum atomic E-state index is -0.0278. The zero-order valence-electron chi connectivity index (χ0n) is 6.51. The van der Waals surface area contributed by atoms with E-state index in [9.17, 15) is 9.90 Å². The molecule has 2 heteroatoms. The smallest absolute Gasteiger partial charge is 0.165 e. The SMILES string of the molecule is CC1=C(O)C(C)C(C)C1=O. The molecular weight excluding hydrogens is 128 g/mol. The molecule has 2 atom stereocenters. The molecule has 0 heterocycles. The Balaban J connectivity index is 2.99. The van der Waals surface area contributed by atoms with E-state index in [0.717, 1.165) is 0 Å². The largest absolute Gasteiger partial charge is 0.512 e. The van der Waals surface area contributed by atoms with Crippen molar-refractivity contribution < 1.29 is 9.90 Å². The molecule has 2 unspecified atom stereocenters. The lowest BCUT2D eigenvalue weighted by molar-refractivity contribution is -0.118. The van der Waals surface area contributed by atoms with Crippen LogP contribution in [0.25, 0.3) is 0 Å². The molecule has 0 aromatic rings. The summed E-state index contributed by atoms with van der Waals surface area (Å²) in [6.07, 6.45) is 0. The van der Waals surface area contributed by atoms with Crippen molar-refractivity contribution in [3.63, 3.8) is 0 Å². The summed E-state index contributed by atoms with van der Waals surface area (Å²) >= 11 is 0. The monoisotopic (exact) mass is 140 g/mol. The third-order valence-corrected chi connectivity index (χ3v) is 2.35. The molecular formula is C8H12O2. The number of Topliss-reactive ketones (excluding diaryl/α,β-unsaturated/α-hetero) is 1. The van der Waals surface area contributed by atoms with Crippen molar-refractivity contribution in [2.75, 3.05) is 0 Å². The molecule has 56 valence electrons. The summed E-state index contributed by atoms with van der Waals surface area (Å²) in [5.41, 5.74) is 0.542. The van der Waals surface area contributed by atoms with Crippen LogP contribution in [0.2, 0.25) is 0 Å². The first-order valence-electron chi connectivity index (χ1n) is 3.49. The Hall–Kier alpha value is -0.790. The highest BCUT2D eigenvalue weighted by Gasteiger charge is 2.33. The van der Waals surface area contributed by atoms with Crippen LogP contribution in [-0.4, -0.2) is 10.9 Å². The molecule has 1 aliphatic rings. The number of carbonyl (C=O) groups excluding carboxylic acids is 1. The molecule has 1 N–H and O–H groups in total. The first-order chi connectivity index (χ1) is 4.55. The van der Waals surface area contributed by atoms with Gasteiger partial charge in [0.15, 0.2) is 5.78 Å². The van der Waals surface area contributed by atoms with Gasteiger partial charge < -0.3 is 5.11 Å². The Morgan fingerprint density at radius 3 is 1.90 bits per heavy atom. The van der Waals surface area contributed by atoms with Gasteiger partial charge in [0, 0.05) is 17.4 Å². The second-order valence-electron chi connectivity index (χ2n) is 2.95. The summed E-state index contributed by atoms with van der Waals surface area (Å²) < 4.78 is 0. The number of hydrogen-bond donors (Lipinski definition) is 1. The van der Waals surface area contributed by atoms with Gasteiger partial charge in [0.05, 0.1) is 0 Å². The third-order valence-electron chi connectivity index (χ3n) is 2.35. The second kappa shape index (κ2) is 2.11. The quantitative estimate of drug-likeness (QED) is 0.555. The Morgan fingerprint density at radius 1 is 1.30 bits per heavy atom. The van der Waals surface area contributed by atoms with Crippen LogP contribution in [0.4, 0.5) is 0 Å². The summed E-state index contributed by atoms with van der Waals surface area (Å²) in [7, 11) is 0. The van der Waals surface area contributed by atoms with Gasteiger partial charge in [-0.25, -0.2) is 0 Å². The van der Waals surface area contributed by atoms with Crippen LogP contribution in [0, 0.1) is 11.8 Å².